The predicted octanol–water partition coefficient (Wildman–Crippen LogP) is 3.92. The molecule has 29 heavy (non-hydrogen) atoms. The summed E-state index contributed by atoms with van der Waals surface area (Å²) in [6, 6.07) is 20.5. The molecular formula is C23H22N2O4. The molecule has 0 unspecified atom stereocenters. The molecule has 148 valence electrons. The summed E-state index contributed by atoms with van der Waals surface area (Å²) < 4.78 is 11.2. The molecule has 6 nitrogen and oxygen atoms in total. The number of hydrogen-bond donors (Lipinski definition) is 1. The van der Waals surface area contributed by atoms with Gasteiger partial charge < -0.3 is 19.4 Å². The monoisotopic (exact) mass is 390 g/mol. The minimum absolute atomic E-state index is 0.145. The average molecular weight is 390 g/mol. The highest BCUT2D eigenvalue weighted by atomic mass is 16.5. The van der Waals surface area contributed by atoms with Gasteiger partial charge in [-0.15, -0.1) is 0 Å². The van der Waals surface area contributed by atoms with E-state index in [0.717, 1.165) is 30.0 Å². The van der Waals surface area contributed by atoms with Crippen LogP contribution in [0.3, 0.4) is 0 Å². The highest BCUT2D eigenvalue weighted by molar-refractivity contribution is 5.95. The number of para-hydroxylation sites is 1. The molecule has 0 aliphatic carbocycles. The Morgan fingerprint density at radius 2 is 1.93 bits per heavy atom. The predicted molar refractivity (Wildman–Crippen MR) is 109 cm³/mol. The Labute approximate surface area is 169 Å². The summed E-state index contributed by atoms with van der Waals surface area (Å²) in [5.41, 5.74) is 1.80. The lowest BCUT2D eigenvalue weighted by Crippen LogP contribution is -2.25. The lowest BCUT2D eigenvalue weighted by molar-refractivity contribution is -0.117. The first-order chi connectivity index (χ1) is 14.2. The van der Waals surface area contributed by atoms with Gasteiger partial charge in [0.15, 0.2) is 5.76 Å². The largest absolute Gasteiger partial charge is 0.486 e. The molecule has 0 spiro atoms. The lowest BCUT2D eigenvalue weighted by atomic mass is 10.2. The molecule has 1 N–H and O–H groups in total. The number of carbonyl (C=O) groups excluding carboxylic acids is 2. The van der Waals surface area contributed by atoms with Gasteiger partial charge in [0.2, 0.25) is 5.91 Å². The second-order valence-corrected chi connectivity index (χ2v) is 6.87. The molecule has 1 saturated heterocycles. The standard InChI is InChI=1S/C23H22N2O4/c26-22-10-5-13-25(22)18-7-4-6-17(14-18)15-24-23(27)21-12-11-20(29-21)16-28-19-8-2-1-3-9-19/h1-4,6-9,11-12,14H,5,10,13,15-16H2,(H,24,27). The molecule has 1 aliphatic rings. The zero-order valence-corrected chi connectivity index (χ0v) is 16.0. The van der Waals surface area contributed by atoms with E-state index in [1.807, 2.05) is 54.6 Å². The molecule has 0 saturated carbocycles. The van der Waals surface area contributed by atoms with Crippen molar-refractivity contribution in [2.24, 2.45) is 0 Å². The van der Waals surface area contributed by atoms with Gasteiger partial charge in [0.25, 0.3) is 5.91 Å². The summed E-state index contributed by atoms with van der Waals surface area (Å²) in [5.74, 6) is 1.41. The number of anilines is 1. The molecule has 2 aromatic carbocycles. The molecule has 2 heterocycles. The number of ether oxygens (including phenoxy) is 1. The number of nitrogens with zero attached hydrogens (tertiary/aromatic N) is 1. The molecule has 0 radical (unpaired) electrons. The molecule has 0 bridgehead atoms. The number of amides is 2. The van der Waals surface area contributed by atoms with E-state index in [1.165, 1.54) is 0 Å². The molecule has 2 amide bonds. The number of benzene rings is 2. The summed E-state index contributed by atoms with van der Waals surface area (Å²) >= 11 is 0. The first-order valence-electron chi connectivity index (χ1n) is 9.63. The van der Waals surface area contributed by atoms with E-state index < -0.39 is 0 Å². The van der Waals surface area contributed by atoms with Crippen molar-refractivity contribution in [3.05, 3.63) is 83.8 Å². The van der Waals surface area contributed by atoms with Crippen molar-refractivity contribution in [2.45, 2.75) is 26.0 Å². The van der Waals surface area contributed by atoms with E-state index in [2.05, 4.69) is 5.32 Å². The van der Waals surface area contributed by atoms with Crippen LogP contribution in [0.5, 0.6) is 5.75 Å². The zero-order chi connectivity index (χ0) is 20.1. The number of furan rings is 1. The zero-order valence-electron chi connectivity index (χ0n) is 16.0. The maximum Gasteiger partial charge on any atom is 0.287 e. The van der Waals surface area contributed by atoms with E-state index in [-0.39, 0.29) is 24.2 Å². The molecule has 1 fully saturated rings. The van der Waals surface area contributed by atoms with Crippen LogP contribution in [-0.2, 0) is 17.9 Å². The number of nitrogens with one attached hydrogen (secondary N) is 1. The van der Waals surface area contributed by atoms with Crippen LogP contribution in [0.15, 0.2) is 71.1 Å². The smallest absolute Gasteiger partial charge is 0.287 e. The maximum atomic E-state index is 12.4. The normalized spacial score (nSPS) is 13.5. The van der Waals surface area contributed by atoms with Crippen LogP contribution in [0.1, 0.15) is 34.7 Å². The van der Waals surface area contributed by atoms with Crippen LogP contribution in [-0.4, -0.2) is 18.4 Å². The van der Waals surface area contributed by atoms with Crippen molar-refractivity contribution in [3.8, 4) is 5.75 Å². The van der Waals surface area contributed by atoms with Crippen molar-refractivity contribution >= 4 is 17.5 Å². The Bertz CT molecular complexity index is 997. The van der Waals surface area contributed by atoms with Crippen LogP contribution in [0.25, 0.3) is 0 Å². The Morgan fingerprint density at radius 3 is 2.72 bits per heavy atom. The van der Waals surface area contributed by atoms with Crippen molar-refractivity contribution in [1.29, 1.82) is 0 Å². The van der Waals surface area contributed by atoms with Crippen molar-refractivity contribution in [2.75, 3.05) is 11.4 Å². The third-order valence-electron chi connectivity index (χ3n) is 4.76. The van der Waals surface area contributed by atoms with Gasteiger partial charge >= 0.3 is 0 Å². The van der Waals surface area contributed by atoms with E-state index >= 15 is 0 Å². The van der Waals surface area contributed by atoms with E-state index in [0.29, 0.717) is 18.7 Å². The topological polar surface area (TPSA) is 71.8 Å². The molecule has 1 aromatic heterocycles. The molecule has 4 rings (SSSR count). The molecule has 1 aliphatic heterocycles. The maximum absolute atomic E-state index is 12.4. The minimum atomic E-state index is -0.293. The summed E-state index contributed by atoms with van der Waals surface area (Å²) in [6.07, 6.45) is 1.48. The second kappa shape index (κ2) is 8.65. The van der Waals surface area contributed by atoms with Crippen molar-refractivity contribution in [1.82, 2.24) is 5.32 Å². The molecular weight excluding hydrogens is 368 g/mol. The third kappa shape index (κ3) is 4.66. The van der Waals surface area contributed by atoms with Gasteiger partial charge in [-0.05, 0) is 48.4 Å². The van der Waals surface area contributed by atoms with Crippen LogP contribution < -0.4 is 15.0 Å². The van der Waals surface area contributed by atoms with Gasteiger partial charge in [0.1, 0.15) is 18.1 Å². The fourth-order valence-corrected chi connectivity index (χ4v) is 3.27. The molecule has 6 heteroatoms. The van der Waals surface area contributed by atoms with E-state index in [9.17, 15) is 9.59 Å². The van der Waals surface area contributed by atoms with Gasteiger partial charge in [-0.1, -0.05) is 30.3 Å². The number of hydrogen-bond acceptors (Lipinski definition) is 4. The summed E-state index contributed by atoms with van der Waals surface area (Å²) in [7, 11) is 0. The van der Waals surface area contributed by atoms with Crippen molar-refractivity contribution in [3.63, 3.8) is 0 Å². The van der Waals surface area contributed by atoms with Gasteiger partial charge in [-0.3, -0.25) is 9.59 Å². The third-order valence-corrected chi connectivity index (χ3v) is 4.76. The number of rotatable bonds is 7. The summed E-state index contributed by atoms with van der Waals surface area (Å²) in [5, 5.41) is 2.85. The van der Waals surface area contributed by atoms with Gasteiger partial charge in [0.05, 0.1) is 0 Å². The highest BCUT2D eigenvalue weighted by Crippen LogP contribution is 2.22. The SMILES string of the molecule is O=C(NCc1cccc(N2CCCC2=O)c1)c1ccc(COc2ccccc2)o1. The second-order valence-electron chi connectivity index (χ2n) is 6.87. The van der Waals surface area contributed by atoms with Crippen LogP contribution >= 0.6 is 0 Å². The quantitative estimate of drug-likeness (QED) is 0.664. The Hall–Kier alpha value is -3.54. The Kier molecular flexibility index (Phi) is 5.61. The fraction of sp³-hybridized carbons (Fsp3) is 0.217. The Morgan fingerprint density at radius 1 is 1.07 bits per heavy atom. The van der Waals surface area contributed by atoms with Crippen LogP contribution in [0.4, 0.5) is 5.69 Å². The summed E-state index contributed by atoms with van der Waals surface area (Å²) in [4.78, 5) is 26.1. The first kappa shape index (κ1) is 18.8. The number of carbonyl (C=O) groups is 2. The van der Waals surface area contributed by atoms with E-state index in [1.54, 1.807) is 17.0 Å². The van der Waals surface area contributed by atoms with Gasteiger partial charge in [-0.25, -0.2) is 0 Å². The Balaban J connectivity index is 1.32. The molecule has 0 atom stereocenters. The van der Waals surface area contributed by atoms with E-state index in [4.69, 9.17) is 9.15 Å². The van der Waals surface area contributed by atoms with Gasteiger partial charge in [0, 0.05) is 25.2 Å². The first-order valence-corrected chi connectivity index (χ1v) is 9.63. The highest BCUT2D eigenvalue weighted by Gasteiger charge is 2.21. The fourth-order valence-electron chi connectivity index (χ4n) is 3.27. The van der Waals surface area contributed by atoms with Gasteiger partial charge in [-0.2, -0.15) is 0 Å². The summed E-state index contributed by atoms with van der Waals surface area (Å²) in [6.45, 7) is 1.35. The lowest BCUT2D eigenvalue weighted by Gasteiger charge is -2.16. The van der Waals surface area contributed by atoms with Crippen LogP contribution in [0.2, 0.25) is 0 Å². The van der Waals surface area contributed by atoms with Crippen molar-refractivity contribution < 1.29 is 18.7 Å². The molecule has 3 aromatic rings. The minimum Gasteiger partial charge on any atom is -0.486 e. The van der Waals surface area contributed by atoms with Crippen LogP contribution in [0, 0.1) is 0 Å². The average Bonchev–Trinajstić information content (AvgIpc) is 3.40.